The Bertz CT molecular complexity index is 878. The maximum Gasteiger partial charge on any atom is 0.268 e. The van der Waals surface area contributed by atoms with Crippen LogP contribution in [0.25, 0.3) is 0 Å². The van der Waals surface area contributed by atoms with E-state index in [1.165, 1.54) is 31.2 Å². The summed E-state index contributed by atoms with van der Waals surface area (Å²) < 4.78 is 1.61. The fraction of sp³-hybridized carbons (Fsp3) is 0.600. The van der Waals surface area contributed by atoms with E-state index in [0.29, 0.717) is 17.8 Å². The molecule has 0 N–H and O–H groups in total. The van der Waals surface area contributed by atoms with E-state index in [4.69, 9.17) is 0 Å². The van der Waals surface area contributed by atoms with Gasteiger partial charge in [0.2, 0.25) is 0 Å². The molecule has 0 amide bonds. The topological polar surface area (TPSA) is 67.2 Å². The summed E-state index contributed by atoms with van der Waals surface area (Å²) in [6.07, 6.45) is 8.90. The molecule has 27 heavy (non-hydrogen) atoms. The first kappa shape index (κ1) is 16.9. The van der Waals surface area contributed by atoms with E-state index in [0.717, 1.165) is 44.2 Å². The lowest BCUT2D eigenvalue weighted by molar-refractivity contribution is 0.304. The molecule has 1 aliphatic carbocycles. The van der Waals surface area contributed by atoms with E-state index >= 15 is 0 Å². The molecule has 2 unspecified atom stereocenters. The normalized spacial score (nSPS) is 25.6. The minimum Gasteiger partial charge on any atom is -0.356 e. The van der Waals surface area contributed by atoms with Gasteiger partial charge in [0.1, 0.15) is 12.1 Å². The average Bonchev–Trinajstić information content (AvgIpc) is 3.15. The molecule has 5 rings (SSSR count). The molecule has 2 aliphatic heterocycles. The lowest BCUT2D eigenvalue weighted by Crippen LogP contribution is -2.30. The number of rotatable bonds is 4. The summed E-state index contributed by atoms with van der Waals surface area (Å²) >= 11 is 0. The number of likely N-dealkylation sites (tertiary alicyclic amines) is 1. The van der Waals surface area contributed by atoms with Crippen LogP contribution in [0.4, 0.5) is 5.82 Å². The van der Waals surface area contributed by atoms with Crippen molar-refractivity contribution >= 4 is 5.82 Å². The summed E-state index contributed by atoms with van der Waals surface area (Å²) in [4.78, 5) is 29.8. The summed E-state index contributed by atoms with van der Waals surface area (Å²) in [5.41, 5.74) is 2.14. The van der Waals surface area contributed by atoms with Gasteiger partial charge >= 0.3 is 0 Å². The zero-order chi connectivity index (χ0) is 18.4. The zero-order valence-corrected chi connectivity index (χ0v) is 15.8. The van der Waals surface area contributed by atoms with Gasteiger partial charge in [-0.05, 0) is 24.7 Å². The highest BCUT2D eigenvalue weighted by molar-refractivity contribution is 5.42. The van der Waals surface area contributed by atoms with Gasteiger partial charge in [0.15, 0.2) is 0 Å². The third-order valence-corrected chi connectivity index (χ3v) is 6.50. The van der Waals surface area contributed by atoms with Gasteiger partial charge in [-0.25, -0.2) is 9.97 Å². The minimum absolute atomic E-state index is 0.0567. The second-order valence-corrected chi connectivity index (χ2v) is 8.38. The van der Waals surface area contributed by atoms with Gasteiger partial charge < -0.3 is 9.47 Å². The van der Waals surface area contributed by atoms with E-state index in [-0.39, 0.29) is 5.56 Å². The summed E-state index contributed by atoms with van der Waals surface area (Å²) in [5, 5.41) is 0. The van der Waals surface area contributed by atoms with Crippen molar-refractivity contribution in [3.05, 3.63) is 46.5 Å². The molecule has 4 heterocycles. The molecule has 3 aliphatic rings. The molecule has 0 spiro atoms. The van der Waals surface area contributed by atoms with E-state index in [2.05, 4.69) is 30.8 Å². The smallest absolute Gasteiger partial charge is 0.268 e. The van der Waals surface area contributed by atoms with Crippen molar-refractivity contribution in [2.24, 2.45) is 18.9 Å². The molecule has 2 aromatic rings. The van der Waals surface area contributed by atoms with Crippen molar-refractivity contribution in [1.29, 1.82) is 0 Å². The highest BCUT2D eigenvalue weighted by Crippen LogP contribution is 2.37. The lowest BCUT2D eigenvalue weighted by Gasteiger charge is -2.26. The molecule has 0 bridgehead atoms. The SMILES string of the molecule is Cn1cc(CN2CC3CN(c4cc(C5CCC5)ncn4)CC3C2)ncc1=O. The van der Waals surface area contributed by atoms with Crippen LogP contribution >= 0.6 is 0 Å². The highest BCUT2D eigenvalue weighted by atomic mass is 16.1. The van der Waals surface area contributed by atoms with Crippen LogP contribution in [0.15, 0.2) is 29.6 Å². The molecular formula is C20H26N6O. The molecular weight excluding hydrogens is 340 g/mol. The predicted molar refractivity (Wildman–Crippen MR) is 103 cm³/mol. The lowest BCUT2D eigenvalue weighted by atomic mass is 9.83. The summed E-state index contributed by atoms with van der Waals surface area (Å²) in [7, 11) is 1.78. The Balaban J connectivity index is 1.22. The number of fused-ring (bicyclic) bond motifs is 1. The molecule has 3 fully saturated rings. The van der Waals surface area contributed by atoms with E-state index in [9.17, 15) is 4.79 Å². The van der Waals surface area contributed by atoms with Gasteiger partial charge in [-0.1, -0.05) is 6.42 Å². The molecule has 142 valence electrons. The van der Waals surface area contributed by atoms with Crippen LogP contribution in [0.3, 0.4) is 0 Å². The van der Waals surface area contributed by atoms with Crippen molar-refractivity contribution in [1.82, 2.24) is 24.4 Å². The fourth-order valence-electron chi connectivity index (χ4n) is 4.73. The van der Waals surface area contributed by atoms with Crippen molar-refractivity contribution in [2.75, 3.05) is 31.1 Å². The Hall–Kier alpha value is -2.28. The third kappa shape index (κ3) is 3.25. The quantitative estimate of drug-likeness (QED) is 0.815. The van der Waals surface area contributed by atoms with Crippen LogP contribution in [0.2, 0.25) is 0 Å². The molecule has 7 nitrogen and oxygen atoms in total. The van der Waals surface area contributed by atoms with Crippen LogP contribution in [-0.4, -0.2) is 50.6 Å². The van der Waals surface area contributed by atoms with Gasteiger partial charge in [-0.2, -0.15) is 0 Å². The van der Waals surface area contributed by atoms with Crippen molar-refractivity contribution < 1.29 is 0 Å². The Morgan fingerprint density at radius 1 is 1.07 bits per heavy atom. The minimum atomic E-state index is -0.0567. The maximum absolute atomic E-state index is 11.5. The van der Waals surface area contributed by atoms with Gasteiger partial charge in [0.25, 0.3) is 5.56 Å². The second kappa shape index (κ2) is 6.71. The maximum atomic E-state index is 11.5. The molecule has 0 radical (unpaired) electrons. The van der Waals surface area contributed by atoms with Gasteiger partial charge in [0.05, 0.1) is 11.9 Å². The van der Waals surface area contributed by atoms with Crippen LogP contribution in [0, 0.1) is 11.8 Å². The predicted octanol–water partition coefficient (Wildman–Crippen LogP) is 1.41. The molecule has 2 saturated heterocycles. The highest BCUT2D eigenvalue weighted by Gasteiger charge is 2.40. The zero-order valence-electron chi connectivity index (χ0n) is 15.8. The summed E-state index contributed by atoms with van der Waals surface area (Å²) in [5.74, 6) is 3.12. The van der Waals surface area contributed by atoms with E-state index in [1.807, 2.05) is 6.20 Å². The van der Waals surface area contributed by atoms with Gasteiger partial charge in [0, 0.05) is 63.6 Å². The monoisotopic (exact) mass is 366 g/mol. The largest absolute Gasteiger partial charge is 0.356 e. The van der Waals surface area contributed by atoms with Gasteiger partial charge in [-0.3, -0.25) is 14.7 Å². The average molecular weight is 366 g/mol. The van der Waals surface area contributed by atoms with Crippen molar-refractivity contribution in [3.63, 3.8) is 0 Å². The first-order valence-electron chi connectivity index (χ1n) is 9.96. The second-order valence-electron chi connectivity index (χ2n) is 8.38. The van der Waals surface area contributed by atoms with Crippen LogP contribution in [-0.2, 0) is 13.6 Å². The van der Waals surface area contributed by atoms with E-state index in [1.54, 1.807) is 17.9 Å². The number of nitrogens with zero attached hydrogens (tertiary/aromatic N) is 6. The number of hydrogen-bond donors (Lipinski definition) is 0. The fourth-order valence-corrected chi connectivity index (χ4v) is 4.73. The molecule has 2 atom stereocenters. The number of anilines is 1. The first-order chi connectivity index (χ1) is 13.2. The van der Waals surface area contributed by atoms with Gasteiger partial charge in [-0.15, -0.1) is 0 Å². The van der Waals surface area contributed by atoms with Crippen molar-refractivity contribution in [2.45, 2.75) is 31.7 Å². The van der Waals surface area contributed by atoms with E-state index < -0.39 is 0 Å². The Morgan fingerprint density at radius 3 is 2.52 bits per heavy atom. The Morgan fingerprint density at radius 2 is 1.85 bits per heavy atom. The van der Waals surface area contributed by atoms with Crippen LogP contribution in [0.1, 0.15) is 36.6 Å². The molecule has 1 saturated carbocycles. The van der Waals surface area contributed by atoms with Crippen LogP contribution in [0.5, 0.6) is 0 Å². The summed E-state index contributed by atoms with van der Waals surface area (Å²) in [6.45, 7) is 5.14. The Kier molecular flexibility index (Phi) is 4.19. The Labute approximate surface area is 159 Å². The summed E-state index contributed by atoms with van der Waals surface area (Å²) in [6, 6.07) is 2.22. The standard InChI is InChI=1S/C20H26N6O/c1-24-11-17(21-6-20(24)27)12-25-7-15-9-26(10-16(15)8-25)19-5-18(22-13-23-19)14-3-2-4-14/h5-6,11,13-16H,2-4,7-10,12H2,1H3. The number of hydrogen-bond acceptors (Lipinski definition) is 6. The number of aromatic nitrogens is 4. The molecule has 2 aromatic heterocycles. The molecule has 7 heteroatoms. The third-order valence-electron chi connectivity index (χ3n) is 6.50. The van der Waals surface area contributed by atoms with Crippen molar-refractivity contribution in [3.8, 4) is 0 Å². The van der Waals surface area contributed by atoms with Crippen LogP contribution < -0.4 is 10.5 Å². The first-order valence-corrected chi connectivity index (χ1v) is 9.96. The number of aryl methyl sites for hydroxylation is 1. The molecule has 0 aromatic carbocycles.